The van der Waals surface area contributed by atoms with Crippen LogP contribution in [-0.4, -0.2) is 47.8 Å². The number of rotatable bonds is 6. The molecule has 2 aromatic carbocycles. The number of para-hydroxylation sites is 2. The van der Waals surface area contributed by atoms with Crippen LogP contribution in [0.2, 0.25) is 0 Å². The lowest BCUT2D eigenvalue weighted by Gasteiger charge is -2.30. The first kappa shape index (κ1) is 23.4. The second-order valence-corrected chi connectivity index (χ2v) is 11.0. The molecule has 0 bridgehead atoms. The maximum absolute atomic E-state index is 13.4. The van der Waals surface area contributed by atoms with Crippen molar-refractivity contribution in [2.45, 2.75) is 52.0 Å². The van der Waals surface area contributed by atoms with E-state index in [4.69, 9.17) is 0 Å². The molecule has 8 heteroatoms. The summed E-state index contributed by atoms with van der Waals surface area (Å²) in [6.07, 6.45) is 1.72. The topological polar surface area (TPSA) is 84.3 Å². The maximum atomic E-state index is 13.4. The van der Waals surface area contributed by atoms with Crippen molar-refractivity contribution in [1.82, 2.24) is 19.2 Å². The van der Waals surface area contributed by atoms with E-state index in [1.54, 1.807) is 10.4 Å². The van der Waals surface area contributed by atoms with Crippen LogP contribution in [-0.2, 0) is 16.6 Å². The Kier molecular flexibility index (Phi) is 6.59. The third-order valence-electron chi connectivity index (χ3n) is 6.71. The molecular weight excluding hydrogens is 436 g/mol. The summed E-state index contributed by atoms with van der Waals surface area (Å²) in [7, 11) is -3.64. The third kappa shape index (κ3) is 4.68. The van der Waals surface area contributed by atoms with E-state index < -0.39 is 10.0 Å². The number of aryl methyl sites for hydroxylation is 2. The van der Waals surface area contributed by atoms with Gasteiger partial charge in [0.15, 0.2) is 0 Å². The van der Waals surface area contributed by atoms with Gasteiger partial charge in [-0.1, -0.05) is 19.1 Å². The van der Waals surface area contributed by atoms with E-state index in [2.05, 4.69) is 21.8 Å². The van der Waals surface area contributed by atoms with Crippen LogP contribution >= 0.6 is 0 Å². The predicted octanol–water partition coefficient (Wildman–Crippen LogP) is 3.81. The van der Waals surface area contributed by atoms with Crippen molar-refractivity contribution in [1.29, 1.82) is 0 Å². The molecule has 1 aliphatic rings. The summed E-state index contributed by atoms with van der Waals surface area (Å²) >= 11 is 0. The van der Waals surface area contributed by atoms with Gasteiger partial charge in [0, 0.05) is 31.7 Å². The molecule has 0 saturated carbocycles. The molecule has 33 heavy (non-hydrogen) atoms. The lowest BCUT2D eigenvalue weighted by atomic mass is 10.0. The molecule has 0 aliphatic carbocycles. The van der Waals surface area contributed by atoms with E-state index >= 15 is 0 Å². The highest BCUT2D eigenvalue weighted by atomic mass is 32.2. The van der Waals surface area contributed by atoms with Gasteiger partial charge in [-0.3, -0.25) is 4.79 Å². The van der Waals surface area contributed by atoms with Gasteiger partial charge in [0.25, 0.3) is 5.91 Å². The Balaban J connectivity index is 1.51. The van der Waals surface area contributed by atoms with Crippen LogP contribution in [0.1, 0.15) is 47.1 Å². The van der Waals surface area contributed by atoms with E-state index in [0.717, 1.165) is 35.3 Å². The minimum atomic E-state index is -3.64. The minimum absolute atomic E-state index is 0.235. The quantitative estimate of drug-likeness (QED) is 0.596. The number of carbonyl (C=O) groups excluding carboxylic acids is 1. The van der Waals surface area contributed by atoms with E-state index in [0.29, 0.717) is 43.2 Å². The van der Waals surface area contributed by atoms with E-state index in [9.17, 15) is 13.2 Å². The SMILES string of the molecule is Cc1cc(C(=O)NCCn2c(C)nc3ccccc32)cc(S(=O)(=O)N2CCC(C)CC2)c1C. The number of nitrogens with zero attached hydrogens (tertiary/aromatic N) is 3. The van der Waals surface area contributed by atoms with Crippen molar-refractivity contribution in [3.63, 3.8) is 0 Å². The number of sulfonamides is 1. The normalized spacial score (nSPS) is 15.8. The van der Waals surface area contributed by atoms with E-state index in [-0.39, 0.29) is 10.8 Å². The fourth-order valence-corrected chi connectivity index (χ4v) is 6.25. The van der Waals surface area contributed by atoms with Gasteiger partial charge < -0.3 is 9.88 Å². The largest absolute Gasteiger partial charge is 0.350 e. The van der Waals surface area contributed by atoms with Crippen LogP contribution in [0.4, 0.5) is 0 Å². The number of fused-ring (bicyclic) bond motifs is 1. The van der Waals surface area contributed by atoms with Crippen LogP contribution in [0.5, 0.6) is 0 Å². The summed E-state index contributed by atoms with van der Waals surface area (Å²) < 4.78 is 30.3. The fourth-order valence-electron chi connectivity index (χ4n) is 4.45. The number of piperidine rings is 1. The molecule has 1 amide bonds. The van der Waals surface area contributed by atoms with Crippen LogP contribution in [0.3, 0.4) is 0 Å². The van der Waals surface area contributed by atoms with Gasteiger partial charge in [0.1, 0.15) is 5.82 Å². The Morgan fingerprint density at radius 3 is 2.55 bits per heavy atom. The van der Waals surface area contributed by atoms with Crippen molar-refractivity contribution in [2.24, 2.45) is 5.92 Å². The zero-order valence-corrected chi connectivity index (χ0v) is 20.6. The molecule has 1 aliphatic heterocycles. The molecule has 0 radical (unpaired) electrons. The van der Waals surface area contributed by atoms with E-state index in [1.807, 2.05) is 45.0 Å². The number of aromatic nitrogens is 2. The molecule has 4 rings (SSSR count). The Morgan fingerprint density at radius 2 is 1.82 bits per heavy atom. The highest BCUT2D eigenvalue weighted by molar-refractivity contribution is 7.89. The van der Waals surface area contributed by atoms with Gasteiger partial charge in [0.05, 0.1) is 15.9 Å². The number of amides is 1. The van der Waals surface area contributed by atoms with Gasteiger partial charge >= 0.3 is 0 Å². The Bertz CT molecular complexity index is 1290. The molecule has 176 valence electrons. The lowest BCUT2D eigenvalue weighted by Crippen LogP contribution is -2.38. The Morgan fingerprint density at radius 1 is 1.12 bits per heavy atom. The van der Waals surface area contributed by atoms with Gasteiger partial charge in [0.2, 0.25) is 10.0 Å². The molecule has 1 aromatic heterocycles. The smallest absolute Gasteiger partial charge is 0.251 e. The summed E-state index contributed by atoms with van der Waals surface area (Å²) in [5.74, 6) is 1.15. The third-order valence-corrected chi connectivity index (χ3v) is 8.73. The van der Waals surface area contributed by atoms with Gasteiger partial charge in [-0.05, 0) is 74.9 Å². The molecule has 0 atom stereocenters. The van der Waals surface area contributed by atoms with Gasteiger partial charge in [-0.15, -0.1) is 0 Å². The molecule has 0 spiro atoms. The zero-order chi connectivity index (χ0) is 23.8. The van der Waals surface area contributed by atoms with Crippen molar-refractivity contribution in [3.8, 4) is 0 Å². The summed E-state index contributed by atoms with van der Waals surface area (Å²) in [5.41, 5.74) is 3.82. The van der Waals surface area contributed by atoms with Crippen LogP contribution in [0.15, 0.2) is 41.3 Å². The number of carbonyl (C=O) groups is 1. The first-order valence-corrected chi connectivity index (χ1v) is 12.9. The maximum Gasteiger partial charge on any atom is 0.251 e. The van der Waals surface area contributed by atoms with Gasteiger partial charge in [-0.25, -0.2) is 13.4 Å². The zero-order valence-electron chi connectivity index (χ0n) is 19.8. The summed E-state index contributed by atoms with van der Waals surface area (Å²) in [6.45, 7) is 9.81. The summed E-state index contributed by atoms with van der Waals surface area (Å²) in [6, 6.07) is 11.2. The van der Waals surface area contributed by atoms with Crippen LogP contribution < -0.4 is 5.32 Å². The van der Waals surface area contributed by atoms with Crippen LogP contribution in [0.25, 0.3) is 11.0 Å². The minimum Gasteiger partial charge on any atom is -0.350 e. The van der Waals surface area contributed by atoms with Crippen LogP contribution in [0, 0.1) is 26.7 Å². The molecule has 1 N–H and O–H groups in total. The number of nitrogens with one attached hydrogen (secondary N) is 1. The second kappa shape index (κ2) is 9.27. The highest BCUT2D eigenvalue weighted by Gasteiger charge is 2.30. The molecule has 7 nitrogen and oxygen atoms in total. The fraction of sp³-hybridized carbons (Fsp3) is 0.440. The number of hydrogen-bond donors (Lipinski definition) is 1. The lowest BCUT2D eigenvalue weighted by molar-refractivity contribution is 0.0952. The van der Waals surface area contributed by atoms with E-state index in [1.165, 1.54) is 6.07 Å². The van der Waals surface area contributed by atoms with Crippen molar-refractivity contribution in [3.05, 3.63) is 58.9 Å². The first-order valence-electron chi connectivity index (χ1n) is 11.5. The first-order chi connectivity index (χ1) is 15.7. The summed E-state index contributed by atoms with van der Waals surface area (Å²) in [5, 5.41) is 2.94. The van der Waals surface area contributed by atoms with Crippen molar-refractivity contribution >= 4 is 27.0 Å². The Hall–Kier alpha value is -2.71. The highest BCUT2D eigenvalue weighted by Crippen LogP contribution is 2.28. The monoisotopic (exact) mass is 468 g/mol. The Labute approximate surface area is 195 Å². The van der Waals surface area contributed by atoms with Crippen molar-refractivity contribution in [2.75, 3.05) is 19.6 Å². The second-order valence-electron chi connectivity index (χ2n) is 9.06. The van der Waals surface area contributed by atoms with Crippen molar-refractivity contribution < 1.29 is 13.2 Å². The summed E-state index contributed by atoms with van der Waals surface area (Å²) in [4.78, 5) is 17.7. The number of hydrogen-bond acceptors (Lipinski definition) is 4. The standard InChI is InChI=1S/C25H32N4O3S/c1-17-9-12-28(13-10-17)33(31,32)24-16-21(15-18(2)19(24)3)25(30)26-11-14-29-20(4)27-22-7-5-6-8-23(22)29/h5-8,15-17H,9-14H2,1-4H3,(H,26,30). The average Bonchev–Trinajstić information content (AvgIpc) is 3.10. The number of benzene rings is 2. The number of imidazole rings is 1. The predicted molar refractivity (Wildman–Crippen MR) is 130 cm³/mol. The molecule has 3 aromatic rings. The molecule has 1 saturated heterocycles. The average molecular weight is 469 g/mol. The van der Waals surface area contributed by atoms with Gasteiger partial charge in [-0.2, -0.15) is 4.31 Å². The molecule has 0 unspecified atom stereocenters. The molecule has 1 fully saturated rings. The molecular formula is C25H32N4O3S. The molecule has 2 heterocycles.